The van der Waals surface area contributed by atoms with Crippen molar-refractivity contribution in [2.45, 2.75) is 0 Å². The summed E-state index contributed by atoms with van der Waals surface area (Å²) in [5.74, 6) is 0. The van der Waals surface area contributed by atoms with Crippen LogP contribution in [0.15, 0.2) is 182 Å². The maximum Gasteiger partial charge on any atom is 0.0635 e. The van der Waals surface area contributed by atoms with Gasteiger partial charge in [0.1, 0.15) is 0 Å². The van der Waals surface area contributed by atoms with Crippen LogP contribution in [0.25, 0.3) is 77.5 Å². The van der Waals surface area contributed by atoms with Gasteiger partial charge in [-0.2, -0.15) is 0 Å². The summed E-state index contributed by atoms with van der Waals surface area (Å²) in [6, 6.07) is 63.4. The minimum Gasteiger partial charge on any atom is -0.316 e. The van der Waals surface area contributed by atoms with Crippen LogP contribution < -0.4 is 0 Å². The lowest BCUT2D eigenvalue weighted by Crippen LogP contribution is -1.95. The van der Waals surface area contributed by atoms with Crippen molar-refractivity contribution in [2.24, 2.45) is 0 Å². The number of para-hydroxylation sites is 1. The summed E-state index contributed by atoms with van der Waals surface area (Å²) in [4.78, 5) is 0. The van der Waals surface area contributed by atoms with Crippen molar-refractivity contribution in [1.82, 2.24) is 9.13 Å². The Kier molecular flexibility index (Phi) is 6.17. The molecule has 0 aliphatic heterocycles. The van der Waals surface area contributed by atoms with E-state index in [1.807, 2.05) is 0 Å². The van der Waals surface area contributed by atoms with Gasteiger partial charge in [-0.15, -0.1) is 0 Å². The summed E-state index contributed by atoms with van der Waals surface area (Å²) in [6.45, 7) is 0. The van der Waals surface area contributed by atoms with E-state index in [1.165, 1.54) is 66.1 Å². The molecule has 216 valence electrons. The van der Waals surface area contributed by atoms with Crippen molar-refractivity contribution in [2.75, 3.05) is 0 Å². The van der Waals surface area contributed by atoms with Crippen molar-refractivity contribution in [3.63, 3.8) is 0 Å². The van der Waals surface area contributed by atoms with Crippen LogP contribution in [-0.4, -0.2) is 9.13 Å². The molecule has 2 heterocycles. The van der Waals surface area contributed by atoms with Gasteiger partial charge in [0, 0.05) is 33.7 Å². The molecule has 0 aliphatic carbocycles. The molecule has 9 rings (SSSR count). The molecule has 0 N–H and O–H groups in total. The van der Waals surface area contributed by atoms with Crippen LogP contribution in [0.1, 0.15) is 0 Å². The molecule has 0 saturated carbocycles. The van der Waals surface area contributed by atoms with Gasteiger partial charge in [0.05, 0.1) is 16.6 Å². The Hall–Kier alpha value is -6.12. The van der Waals surface area contributed by atoms with Crippen LogP contribution in [0.5, 0.6) is 0 Å². The fraction of sp³-hybridized carbons (Fsp3) is 0. The predicted octanol–water partition coefficient (Wildman–Crippen LogP) is 11.7. The van der Waals surface area contributed by atoms with Crippen molar-refractivity contribution in [3.8, 4) is 44.8 Å². The van der Waals surface area contributed by atoms with Gasteiger partial charge in [-0.1, -0.05) is 121 Å². The maximum atomic E-state index is 2.43. The standard InChI is InChI=1S/C44H30N2/c1-4-11-31(12-5-1)33-19-22-37(23-20-33)45-28-27-40-42(45)26-24-39-41-30-36(35-16-10-15-34(29-35)32-13-6-2-7-14-32)21-25-43(41)46(44(39)40)38-17-8-3-9-18-38/h1-30H. The summed E-state index contributed by atoms with van der Waals surface area (Å²) < 4.78 is 4.73. The highest BCUT2D eigenvalue weighted by Gasteiger charge is 2.18. The third-order valence-corrected chi connectivity index (χ3v) is 9.17. The minimum absolute atomic E-state index is 1.15. The van der Waals surface area contributed by atoms with Gasteiger partial charge in [-0.25, -0.2) is 0 Å². The maximum absolute atomic E-state index is 2.43. The summed E-state index contributed by atoms with van der Waals surface area (Å²) >= 11 is 0. The number of hydrogen-bond donors (Lipinski definition) is 0. The first kappa shape index (κ1) is 26.3. The van der Waals surface area contributed by atoms with Gasteiger partial charge >= 0.3 is 0 Å². The lowest BCUT2D eigenvalue weighted by molar-refractivity contribution is 1.13. The third-order valence-electron chi connectivity index (χ3n) is 9.17. The first-order chi connectivity index (χ1) is 22.8. The average Bonchev–Trinajstić information content (AvgIpc) is 3.72. The van der Waals surface area contributed by atoms with Crippen molar-refractivity contribution < 1.29 is 0 Å². The normalized spacial score (nSPS) is 11.5. The molecule has 0 radical (unpaired) electrons. The van der Waals surface area contributed by atoms with Crippen LogP contribution in [0, 0.1) is 0 Å². The molecule has 0 bridgehead atoms. The zero-order chi connectivity index (χ0) is 30.5. The summed E-state index contributed by atoms with van der Waals surface area (Å²) in [5, 5.41) is 3.74. The van der Waals surface area contributed by atoms with Gasteiger partial charge in [-0.3, -0.25) is 0 Å². The highest BCUT2D eigenvalue weighted by Crippen LogP contribution is 2.39. The largest absolute Gasteiger partial charge is 0.316 e. The van der Waals surface area contributed by atoms with Gasteiger partial charge in [0.15, 0.2) is 0 Å². The smallest absolute Gasteiger partial charge is 0.0635 e. The molecule has 0 aliphatic rings. The summed E-state index contributed by atoms with van der Waals surface area (Å²) in [5.41, 5.74) is 13.3. The number of hydrogen-bond acceptors (Lipinski definition) is 0. The average molecular weight is 587 g/mol. The third kappa shape index (κ3) is 4.35. The number of aromatic nitrogens is 2. The van der Waals surface area contributed by atoms with E-state index >= 15 is 0 Å². The molecular formula is C44H30N2. The van der Waals surface area contributed by atoms with Gasteiger partial charge in [-0.05, 0) is 88.0 Å². The van der Waals surface area contributed by atoms with Crippen LogP contribution in [-0.2, 0) is 0 Å². The van der Waals surface area contributed by atoms with E-state index in [0.717, 1.165) is 11.4 Å². The van der Waals surface area contributed by atoms with E-state index in [4.69, 9.17) is 0 Å². The Morgan fingerprint density at radius 3 is 1.57 bits per heavy atom. The second kappa shape index (κ2) is 10.8. The topological polar surface area (TPSA) is 9.86 Å². The fourth-order valence-corrected chi connectivity index (χ4v) is 6.93. The van der Waals surface area contributed by atoms with Crippen LogP contribution >= 0.6 is 0 Å². The lowest BCUT2D eigenvalue weighted by Gasteiger charge is -2.10. The first-order valence-electron chi connectivity index (χ1n) is 15.8. The van der Waals surface area contributed by atoms with E-state index in [-0.39, 0.29) is 0 Å². The van der Waals surface area contributed by atoms with E-state index in [1.54, 1.807) is 0 Å². The van der Waals surface area contributed by atoms with E-state index in [9.17, 15) is 0 Å². The Bertz CT molecular complexity index is 2480. The molecule has 2 aromatic heterocycles. The van der Waals surface area contributed by atoms with E-state index in [2.05, 4.69) is 191 Å². The SMILES string of the molecule is c1ccc(-c2ccc(-n3ccc4c3ccc3c5cc(-c6cccc(-c7ccccc7)c6)ccc5n(-c5ccccc5)c34)cc2)cc1. The Morgan fingerprint density at radius 2 is 0.848 bits per heavy atom. The fourth-order valence-electron chi connectivity index (χ4n) is 6.93. The first-order valence-corrected chi connectivity index (χ1v) is 15.8. The molecule has 7 aromatic carbocycles. The van der Waals surface area contributed by atoms with Crippen LogP contribution in [0.4, 0.5) is 0 Å². The number of benzene rings is 7. The van der Waals surface area contributed by atoms with Crippen LogP contribution in [0.2, 0.25) is 0 Å². The number of fused-ring (bicyclic) bond motifs is 5. The Morgan fingerprint density at radius 1 is 0.304 bits per heavy atom. The van der Waals surface area contributed by atoms with Crippen molar-refractivity contribution in [1.29, 1.82) is 0 Å². The lowest BCUT2D eigenvalue weighted by atomic mass is 9.98. The van der Waals surface area contributed by atoms with Crippen molar-refractivity contribution in [3.05, 3.63) is 182 Å². The molecular weight excluding hydrogens is 556 g/mol. The molecule has 9 aromatic rings. The van der Waals surface area contributed by atoms with Crippen molar-refractivity contribution >= 4 is 32.7 Å². The molecule has 0 spiro atoms. The number of rotatable bonds is 5. The quantitative estimate of drug-likeness (QED) is 0.190. The zero-order valence-corrected chi connectivity index (χ0v) is 25.2. The highest BCUT2D eigenvalue weighted by atomic mass is 15.0. The molecule has 0 fully saturated rings. The molecule has 2 nitrogen and oxygen atoms in total. The monoisotopic (exact) mass is 586 g/mol. The minimum atomic E-state index is 1.15. The van der Waals surface area contributed by atoms with Gasteiger partial charge in [0.2, 0.25) is 0 Å². The van der Waals surface area contributed by atoms with E-state index in [0.29, 0.717) is 0 Å². The zero-order valence-electron chi connectivity index (χ0n) is 25.2. The van der Waals surface area contributed by atoms with Crippen LogP contribution in [0.3, 0.4) is 0 Å². The molecule has 0 amide bonds. The Balaban J connectivity index is 1.22. The van der Waals surface area contributed by atoms with Gasteiger partial charge in [0.25, 0.3) is 0 Å². The predicted molar refractivity (Wildman–Crippen MR) is 194 cm³/mol. The Labute approximate surface area is 268 Å². The summed E-state index contributed by atoms with van der Waals surface area (Å²) in [7, 11) is 0. The van der Waals surface area contributed by atoms with E-state index < -0.39 is 0 Å². The summed E-state index contributed by atoms with van der Waals surface area (Å²) in [6.07, 6.45) is 2.20. The molecule has 2 heteroatoms. The second-order valence-corrected chi connectivity index (χ2v) is 11.8. The molecule has 0 saturated heterocycles. The number of nitrogens with zero attached hydrogens (tertiary/aromatic N) is 2. The second-order valence-electron chi connectivity index (χ2n) is 11.8. The molecule has 46 heavy (non-hydrogen) atoms. The molecule has 0 unspecified atom stereocenters. The highest BCUT2D eigenvalue weighted by molar-refractivity contribution is 6.19. The molecule has 0 atom stereocenters. The van der Waals surface area contributed by atoms with Gasteiger partial charge < -0.3 is 9.13 Å².